The van der Waals surface area contributed by atoms with Crippen molar-refractivity contribution in [3.8, 4) is 0 Å². The quantitative estimate of drug-likeness (QED) is 0.598. The third-order valence-corrected chi connectivity index (χ3v) is 5.25. The average Bonchev–Trinajstić information content (AvgIpc) is 3.22. The molecule has 0 aliphatic heterocycles. The maximum Gasteiger partial charge on any atom is 0.289 e. The Balaban J connectivity index is 0.00000242. The van der Waals surface area contributed by atoms with Crippen LogP contribution in [0.2, 0.25) is 0 Å². The minimum absolute atomic E-state index is 0. The summed E-state index contributed by atoms with van der Waals surface area (Å²) in [4.78, 5) is 10.1. The molecule has 0 amide bonds. The highest BCUT2D eigenvalue weighted by Crippen LogP contribution is 2.32. The van der Waals surface area contributed by atoms with Gasteiger partial charge in [0.2, 0.25) is 10.0 Å². The number of aryl methyl sites for hydroxylation is 2. The average molecular weight is 350 g/mol. The molecule has 1 aliphatic rings. The predicted molar refractivity (Wildman–Crippen MR) is 85.7 cm³/mol. The molecule has 3 N–H and O–H groups in total. The third-order valence-electron chi connectivity index (χ3n) is 3.80. The van der Waals surface area contributed by atoms with Gasteiger partial charge in [-0.25, -0.2) is 13.1 Å². The highest BCUT2D eigenvalue weighted by atomic mass is 35.5. The summed E-state index contributed by atoms with van der Waals surface area (Å²) < 4.78 is 27.0. The molecule has 0 heterocycles. The van der Waals surface area contributed by atoms with Gasteiger partial charge in [0.25, 0.3) is 5.69 Å². The van der Waals surface area contributed by atoms with Crippen molar-refractivity contribution in [3.63, 3.8) is 0 Å². The number of nitrogens with two attached hydrogens (primary N) is 1. The first-order chi connectivity index (χ1) is 9.72. The number of nitrogens with one attached hydrogen (secondary N) is 1. The summed E-state index contributed by atoms with van der Waals surface area (Å²) in [6, 6.07) is 2.37. The van der Waals surface area contributed by atoms with Crippen LogP contribution in [0.3, 0.4) is 0 Å². The smallest absolute Gasteiger partial charge is 0.289 e. The SMILES string of the molecule is Cc1cc([N+](=O)[O-])c(S(=O)(=O)NCC(N)C2CC2)cc1C.Cl. The van der Waals surface area contributed by atoms with Crippen LogP contribution < -0.4 is 10.5 Å². The lowest BCUT2D eigenvalue weighted by Gasteiger charge is -2.13. The Hall–Kier alpha value is -1.22. The van der Waals surface area contributed by atoms with E-state index in [2.05, 4.69) is 4.72 Å². The summed E-state index contributed by atoms with van der Waals surface area (Å²) in [5.74, 6) is 0.349. The first-order valence-electron chi connectivity index (χ1n) is 6.73. The van der Waals surface area contributed by atoms with Crippen LogP contribution in [0.15, 0.2) is 17.0 Å². The highest BCUT2D eigenvalue weighted by Gasteiger charge is 2.31. The van der Waals surface area contributed by atoms with Gasteiger partial charge in [-0.15, -0.1) is 12.4 Å². The molecule has 1 atom stereocenters. The number of hydrogen-bond donors (Lipinski definition) is 2. The second-order valence-electron chi connectivity index (χ2n) is 5.51. The third kappa shape index (κ3) is 4.16. The Kier molecular flexibility index (Phi) is 5.91. The van der Waals surface area contributed by atoms with Gasteiger partial charge < -0.3 is 5.73 Å². The van der Waals surface area contributed by atoms with Crippen molar-refractivity contribution in [2.24, 2.45) is 11.7 Å². The van der Waals surface area contributed by atoms with Gasteiger partial charge in [0, 0.05) is 18.7 Å². The van der Waals surface area contributed by atoms with Crippen LogP contribution >= 0.6 is 12.4 Å². The number of benzene rings is 1. The van der Waals surface area contributed by atoms with Gasteiger partial charge in [-0.05, 0) is 49.8 Å². The lowest BCUT2D eigenvalue weighted by Crippen LogP contribution is -2.38. The van der Waals surface area contributed by atoms with E-state index in [9.17, 15) is 18.5 Å². The van der Waals surface area contributed by atoms with Crippen LogP contribution in [-0.2, 0) is 10.0 Å². The molecule has 0 spiro atoms. The molecule has 9 heteroatoms. The monoisotopic (exact) mass is 349 g/mol. The molecule has 124 valence electrons. The van der Waals surface area contributed by atoms with E-state index in [-0.39, 0.29) is 29.9 Å². The van der Waals surface area contributed by atoms with Gasteiger partial charge in [0.1, 0.15) is 0 Å². The summed E-state index contributed by atoms with van der Waals surface area (Å²) >= 11 is 0. The van der Waals surface area contributed by atoms with Crippen molar-refractivity contribution in [3.05, 3.63) is 33.4 Å². The standard InChI is InChI=1S/C13H19N3O4S.ClH/c1-8-5-12(16(17)18)13(6-9(8)2)21(19,20)15-7-11(14)10-3-4-10;/h5-6,10-11,15H,3-4,7,14H2,1-2H3;1H. The molecule has 1 aliphatic carbocycles. The van der Waals surface area contributed by atoms with Crippen molar-refractivity contribution >= 4 is 28.1 Å². The summed E-state index contributed by atoms with van der Waals surface area (Å²) in [6.07, 6.45) is 2.01. The van der Waals surface area contributed by atoms with Crippen LogP contribution in [0, 0.1) is 29.9 Å². The fourth-order valence-electron chi connectivity index (χ4n) is 2.11. The zero-order valence-corrected chi connectivity index (χ0v) is 14.0. The number of sulfonamides is 1. The van der Waals surface area contributed by atoms with E-state index >= 15 is 0 Å². The fraction of sp³-hybridized carbons (Fsp3) is 0.538. The van der Waals surface area contributed by atoms with E-state index in [0.717, 1.165) is 12.8 Å². The van der Waals surface area contributed by atoms with E-state index in [4.69, 9.17) is 5.73 Å². The molecule has 0 saturated heterocycles. The van der Waals surface area contributed by atoms with Gasteiger partial charge in [-0.2, -0.15) is 0 Å². The molecule has 7 nitrogen and oxygen atoms in total. The van der Waals surface area contributed by atoms with E-state index in [1.807, 2.05) is 0 Å². The normalized spacial score (nSPS) is 16.0. The van der Waals surface area contributed by atoms with Gasteiger partial charge in [0.05, 0.1) is 4.92 Å². The summed E-state index contributed by atoms with van der Waals surface area (Å²) in [5.41, 5.74) is 6.81. The molecular weight excluding hydrogens is 330 g/mol. The maximum absolute atomic E-state index is 12.3. The van der Waals surface area contributed by atoms with Crippen LogP contribution in [0.25, 0.3) is 0 Å². The first kappa shape index (κ1) is 18.8. The molecule has 0 aromatic heterocycles. The summed E-state index contributed by atoms with van der Waals surface area (Å²) in [7, 11) is -3.95. The van der Waals surface area contributed by atoms with E-state index in [1.165, 1.54) is 12.1 Å². The summed E-state index contributed by atoms with van der Waals surface area (Å²) in [5, 5.41) is 11.1. The Labute approximate surface area is 135 Å². The maximum atomic E-state index is 12.3. The number of rotatable bonds is 6. The Morgan fingerprint density at radius 3 is 2.41 bits per heavy atom. The van der Waals surface area contributed by atoms with E-state index < -0.39 is 20.6 Å². The van der Waals surface area contributed by atoms with Crippen molar-refractivity contribution in [2.75, 3.05) is 6.54 Å². The van der Waals surface area contributed by atoms with Crippen molar-refractivity contribution < 1.29 is 13.3 Å². The van der Waals surface area contributed by atoms with Crippen molar-refractivity contribution in [1.29, 1.82) is 0 Å². The molecule has 1 saturated carbocycles. The molecule has 2 rings (SSSR count). The number of nitro groups is 1. The second-order valence-corrected chi connectivity index (χ2v) is 7.25. The van der Waals surface area contributed by atoms with Crippen LogP contribution in [-0.4, -0.2) is 25.9 Å². The number of nitro benzene ring substituents is 1. The molecule has 1 aromatic carbocycles. The van der Waals surface area contributed by atoms with Gasteiger partial charge in [-0.3, -0.25) is 10.1 Å². The second kappa shape index (κ2) is 6.91. The Morgan fingerprint density at radius 1 is 1.36 bits per heavy atom. The molecule has 0 bridgehead atoms. The number of hydrogen-bond acceptors (Lipinski definition) is 5. The predicted octanol–water partition coefficient (Wildman–Crippen LogP) is 1.65. The minimum Gasteiger partial charge on any atom is -0.326 e. The zero-order valence-electron chi connectivity index (χ0n) is 12.4. The van der Waals surface area contributed by atoms with Gasteiger partial charge in [-0.1, -0.05) is 0 Å². The lowest BCUT2D eigenvalue weighted by atomic mass is 10.1. The lowest BCUT2D eigenvalue weighted by molar-refractivity contribution is -0.387. The molecular formula is C13H20ClN3O4S. The van der Waals surface area contributed by atoms with Gasteiger partial charge in [0.15, 0.2) is 4.90 Å². The largest absolute Gasteiger partial charge is 0.326 e. The fourth-order valence-corrected chi connectivity index (χ4v) is 3.42. The number of nitrogens with zero attached hydrogens (tertiary/aromatic N) is 1. The minimum atomic E-state index is -3.95. The topological polar surface area (TPSA) is 115 Å². The number of halogens is 1. The Bertz CT molecular complexity index is 674. The van der Waals surface area contributed by atoms with Gasteiger partial charge >= 0.3 is 0 Å². The molecule has 1 aromatic rings. The van der Waals surface area contributed by atoms with Crippen LogP contribution in [0.4, 0.5) is 5.69 Å². The van der Waals surface area contributed by atoms with Crippen molar-refractivity contribution in [2.45, 2.75) is 37.6 Å². The van der Waals surface area contributed by atoms with E-state index in [1.54, 1.807) is 13.8 Å². The molecule has 22 heavy (non-hydrogen) atoms. The van der Waals surface area contributed by atoms with E-state index in [0.29, 0.717) is 17.0 Å². The Morgan fingerprint density at radius 2 is 1.91 bits per heavy atom. The summed E-state index contributed by atoms with van der Waals surface area (Å²) in [6.45, 7) is 3.51. The van der Waals surface area contributed by atoms with Crippen LogP contribution in [0.5, 0.6) is 0 Å². The first-order valence-corrected chi connectivity index (χ1v) is 8.21. The molecule has 1 fully saturated rings. The molecule has 1 unspecified atom stereocenters. The zero-order chi connectivity index (χ0) is 15.8. The van der Waals surface area contributed by atoms with Crippen LogP contribution in [0.1, 0.15) is 24.0 Å². The highest BCUT2D eigenvalue weighted by molar-refractivity contribution is 7.89. The molecule has 0 radical (unpaired) electrons. The van der Waals surface area contributed by atoms with Crippen molar-refractivity contribution in [1.82, 2.24) is 4.72 Å².